The number of hydrogen-bond acceptors (Lipinski definition) is 7. The first-order chi connectivity index (χ1) is 15.3. The van der Waals surface area contributed by atoms with E-state index in [1.807, 2.05) is 6.92 Å². The van der Waals surface area contributed by atoms with Crippen molar-refractivity contribution in [3.05, 3.63) is 73.8 Å². The summed E-state index contributed by atoms with van der Waals surface area (Å²) >= 11 is 1.32. The number of carbonyl (C=O) groups excluding carboxylic acids is 1. The van der Waals surface area contributed by atoms with Crippen LogP contribution in [-0.2, 0) is 11.3 Å². The number of carbonyl (C=O) groups is 1. The highest BCUT2D eigenvalue weighted by molar-refractivity contribution is 7.16. The standard InChI is InChI=1S/C21H17FN4O5S/c1-12-19(13-4-6-14(22)7-5-13)24-20(32-12)23-18(27)3-2-10-25-16-9-8-15(26(29)30)11-17(16)31-21(25)28/h4-9,11H,2-3,10H2,1H3,(H,23,24,27). The number of nitrogens with zero attached hydrogens (tertiary/aromatic N) is 3. The van der Waals surface area contributed by atoms with E-state index in [1.165, 1.54) is 46.2 Å². The summed E-state index contributed by atoms with van der Waals surface area (Å²) in [6, 6.07) is 9.91. The third-order valence-corrected chi connectivity index (χ3v) is 5.70. The zero-order valence-corrected chi connectivity index (χ0v) is 17.6. The topological polar surface area (TPSA) is 120 Å². The van der Waals surface area contributed by atoms with Gasteiger partial charge in [0.1, 0.15) is 5.82 Å². The van der Waals surface area contributed by atoms with Crippen LogP contribution >= 0.6 is 11.3 Å². The maximum Gasteiger partial charge on any atom is 0.419 e. The number of amides is 1. The number of aromatic nitrogens is 2. The first-order valence-electron chi connectivity index (χ1n) is 9.63. The number of nitro groups is 1. The Morgan fingerprint density at radius 1 is 1.28 bits per heavy atom. The van der Waals surface area contributed by atoms with E-state index in [4.69, 9.17) is 4.42 Å². The lowest BCUT2D eigenvalue weighted by atomic mass is 10.1. The summed E-state index contributed by atoms with van der Waals surface area (Å²) in [7, 11) is 0. The smallest absolute Gasteiger partial charge is 0.407 e. The molecular formula is C21H17FN4O5S. The van der Waals surface area contributed by atoms with Crippen LogP contribution in [0.4, 0.5) is 15.2 Å². The molecule has 0 aliphatic heterocycles. The lowest BCUT2D eigenvalue weighted by Crippen LogP contribution is -2.17. The molecule has 1 N–H and O–H groups in total. The lowest BCUT2D eigenvalue weighted by Gasteiger charge is -2.03. The largest absolute Gasteiger partial charge is 0.419 e. The second-order valence-corrected chi connectivity index (χ2v) is 8.21. The Labute approximate surface area is 184 Å². The summed E-state index contributed by atoms with van der Waals surface area (Å²) in [6.07, 6.45) is 0.489. The maximum absolute atomic E-state index is 13.1. The summed E-state index contributed by atoms with van der Waals surface area (Å²) in [5.41, 5.74) is 1.82. The third-order valence-electron chi connectivity index (χ3n) is 4.81. The maximum atomic E-state index is 13.1. The molecule has 0 atom stereocenters. The normalized spacial score (nSPS) is 11.1. The first kappa shape index (κ1) is 21.4. The number of hydrogen-bond donors (Lipinski definition) is 1. The monoisotopic (exact) mass is 456 g/mol. The van der Waals surface area contributed by atoms with Gasteiger partial charge in [0.2, 0.25) is 5.91 Å². The molecule has 0 bridgehead atoms. The number of halogens is 1. The van der Waals surface area contributed by atoms with E-state index in [0.717, 1.165) is 10.4 Å². The van der Waals surface area contributed by atoms with E-state index in [2.05, 4.69) is 10.3 Å². The molecule has 1 amide bonds. The van der Waals surface area contributed by atoms with Gasteiger partial charge in [-0.15, -0.1) is 11.3 Å². The molecule has 4 aromatic rings. The van der Waals surface area contributed by atoms with Gasteiger partial charge in [-0.3, -0.25) is 19.5 Å². The van der Waals surface area contributed by atoms with Crippen molar-refractivity contribution in [3.8, 4) is 11.3 Å². The predicted octanol–water partition coefficient (Wildman–Crippen LogP) is 4.49. The number of non-ortho nitro benzene ring substituents is 1. The predicted molar refractivity (Wildman–Crippen MR) is 117 cm³/mol. The molecule has 164 valence electrons. The highest BCUT2D eigenvalue weighted by Crippen LogP contribution is 2.30. The van der Waals surface area contributed by atoms with Gasteiger partial charge in [-0.2, -0.15) is 0 Å². The van der Waals surface area contributed by atoms with Crippen LogP contribution in [0, 0.1) is 22.9 Å². The molecule has 0 aliphatic carbocycles. The van der Waals surface area contributed by atoms with Gasteiger partial charge in [0.05, 0.1) is 22.2 Å². The van der Waals surface area contributed by atoms with Crippen molar-refractivity contribution < 1.29 is 18.5 Å². The van der Waals surface area contributed by atoms with Crippen molar-refractivity contribution in [1.82, 2.24) is 9.55 Å². The van der Waals surface area contributed by atoms with Gasteiger partial charge >= 0.3 is 5.76 Å². The van der Waals surface area contributed by atoms with Gasteiger partial charge in [-0.1, -0.05) is 0 Å². The lowest BCUT2D eigenvalue weighted by molar-refractivity contribution is -0.384. The summed E-state index contributed by atoms with van der Waals surface area (Å²) in [6.45, 7) is 2.08. The fourth-order valence-corrected chi connectivity index (χ4v) is 4.14. The Morgan fingerprint density at radius 2 is 2.03 bits per heavy atom. The molecule has 4 rings (SSSR count). The van der Waals surface area contributed by atoms with Gasteiger partial charge < -0.3 is 9.73 Å². The number of rotatable bonds is 7. The van der Waals surface area contributed by atoms with E-state index in [1.54, 1.807) is 12.1 Å². The zero-order valence-electron chi connectivity index (χ0n) is 16.8. The summed E-state index contributed by atoms with van der Waals surface area (Å²) in [5, 5.41) is 14.0. The van der Waals surface area contributed by atoms with Crippen LogP contribution in [0.2, 0.25) is 0 Å². The number of fused-ring (bicyclic) bond motifs is 1. The Balaban J connectivity index is 1.38. The first-order valence-corrected chi connectivity index (χ1v) is 10.4. The average Bonchev–Trinajstić information content (AvgIpc) is 3.26. The molecule has 0 unspecified atom stereocenters. The minimum atomic E-state index is -0.639. The molecule has 11 heteroatoms. The number of thiazole rings is 1. The molecule has 0 saturated carbocycles. The molecule has 0 radical (unpaired) electrons. The second kappa shape index (κ2) is 8.71. The third kappa shape index (κ3) is 4.42. The van der Waals surface area contributed by atoms with Crippen molar-refractivity contribution in [2.75, 3.05) is 5.32 Å². The number of anilines is 1. The van der Waals surface area contributed by atoms with Crippen LogP contribution in [-0.4, -0.2) is 20.4 Å². The summed E-state index contributed by atoms with van der Waals surface area (Å²) in [4.78, 5) is 40.0. The van der Waals surface area contributed by atoms with Crippen molar-refractivity contribution in [1.29, 1.82) is 0 Å². The molecular weight excluding hydrogens is 439 g/mol. The van der Waals surface area contributed by atoms with Crippen LogP contribution in [0.3, 0.4) is 0 Å². The Kier molecular flexibility index (Phi) is 5.82. The Hall–Kier alpha value is -3.86. The molecule has 2 aromatic carbocycles. The van der Waals surface area contributed by atoms with Gasteiger partial charge in [0.15, 0.2) is 10.7 Å². The number of aryl methyl sites for hydroxylation is 2. The van der Waals surface area contributed by atoms with Gasteiger partial charge in [-0.25, -0.2) is 14.2 Å². The van der Waals surface area contributed by atoms with Crippen LogP contribution < -0.4 is 11.1 Å². The number of nitrogens with one attached hydrogen (secondary N) is 1. The Bertz CT molecular complexity index is 1370. The van der Waals surface area contributed by atoms with Crippen molar-refractivity contribution >= 4 is 39.2 Å². The molecule has 32 heavy (non-hydrogen) atoms. The van der Waals surface area contributed by atoms with E-state index in [-0.39, 0.29) is 36.0 Å². The zero-order chi connectivity index (χ0) is 22.8. The number of benzene rings is 2. The molecule has 2 heterocycles. The molecule has 0 fully saturated rings. The van der Waals surface area contributed by atoms with Crippen molar-refractivity contribution in [3.63, 3.8) is 0 Å². The SMILES string of the molecule is Cc1sc(NC(=O)CCCn2c(=O)oc3cc([N+](=O)[O-])ccc32)nc1-c1ccc(F)cc1. The van der Waals surface area contributed by atoms with Crippen LogP contribution in [0.1, 0.15) is 17.7 Å². The fraction of sp³-hybridized carbons (Fsp3) is 0.190. The van der Waals surface area contributed by atoms with E-state index < -0.39 is 10.7 Å². The molecule has 0 aliphatic rings. The van der Waals surface area contributed by atoms with E-state index >= 15 is 0 Å². The second-order valence-electron chi connectivity index (χ2n) is 7.01. The van der Waals surface area contributed by atoms with Gasteiger partial charge in [0.25, 0.3) is 5.69 Å². The van der Waals surface area contributed by atoms with E-state index in [9.17, 15) is 24.1 Å². The van der Waals surface area contributed by atoms with Crippen LogP contribution in [0.5, 0.6) is 0 Å². The van der Waals surface area contributed by atoms with Gasteiger partial charge in [-0.05, 0) is 43.7 Å². The fourth-order valence-electron chi connectivity index (χ4n) is 3.29. The minimum absolute atomic E-state index is 0.125. The number of nitro benzene ring substituents is 1. The molecule has 2 aromatic heterocycles. The highest BCUT2D eigenvalue weighted by Gasteiger charge is 2.15. The van der Waals surface area contributed by atoms with Crippen LogP contribution in [0.25, 0.3) is 22.4 Å². The van der Waals surface area contributed by atoms with Crippen molar-refractivity contribution in [2.24, 2.45) is 0 Å². The average molecular weight is 456 g/mol. The summed E-state index contributed by atoms with van der Waals surface area (Å²) < 4.78 is 19.6. The highest BCUT2D eigenvalue weighted by atomic mass is 32.1. The van der Waals surface area contributed by atoms with Crippen molar-refractivity contribution in [2.45, 2.75) is 26.3 Å². The van der Waals surface area contributed by atoms with E-state index in [0.29, 0.717) is 22.8 Å². The molecule has 0 saturated heterocycles. The Morgan fingerprint density at radius 3 is 2.75 bits per heavy atom. The summed E-state index contributed by atoms with van der Waals surface area (Å²) in [5.74, 6) is -1.24. The van der Waals surface area contributed by atoms with Gasteiger partial charge in [0, 0.05) is 29.5 Å². The minimum Gasteiger partial charge on any atom is -0.407 e. The number of oxazole rings is 1. The quantitative estimate of drug-likeness (QED) is 0.323. The van der Waals surface area contributed by atoms with Crippen LogP contribution in [0.15, 0.2) is 51.7 Å². The molecule has 0 spiro atoms. The molecule has 9 nitrogen and oxygen atoms in total.